The van der Waals surface area contributed by atoms with Gasteiger partial charge in [0.1, 0.15) is 0 Å². The van der Waals surface area contributed by atoms with E-state index in [0.717, 1.165) is 11.8 Å². The van der Waals surface area contributed by atoms with Crippen LogP contribution in [-0.4, -0.2) is 0 Å². The maximum absolute atomic E-state index is 3.67. The molecule has 0 nitrogen and oxygen atoms in total. The number of hydrogen-bond acceptors (Lipinski definition) is 0. The van der Waals surface area contributed by atoms with Crippen molar-refractivity contribution in [1.29, 1.82) is 0 Å². The summed E-state index contributed by atoms with van der Waals surface area (Å²) in [6, 6.07) is 0. The molecule has 0 aromatic carbocycles. The van der Waals surface area contributed by atoms with Gasteiger partial charge in [-0.25, -0.2) is 0 Å². The Hall–Kier alpha value is -0.520. The van der Waals surface area contributed by atoms with E-state index < -0.39 is 0 Å². The molecule has 38 valence electrons. The average molecular weight is 94.2 g/mol. The third-order valence-corrected chi connectivity index (χ3v) is 1.50. The molecule has 0 heterocycles. The fourth-order valence-electron chi connectivity index (χ4n) is 0.778. The van der Waals surface area contributed by atoms with E-state index in [1.807, 2.05) is 12.2 Å². The average Bonchev–Trinajstić information content (AvgIpc) is 2.43. The molecule has 0 heteroatoms. The molecule has 1 saturated carbocycles. The normalized spacial score (nSPS) is 37.1. The Morgan fingerprint density at radius 1 is 1.14 bits per heavy atom. The highest BCUT2D eigenvalue weighted by molar-refractivity contribution is 5.05. The van der Waals surface area contributed by atoms with Crippen LogP contribution in [0.15, 0.2) is 25.3 Å². The highest BCUT2D eigenvalue weighted by Crippen LogP contribution is 2.39. The molecule has 0 N–H and O–H groups in total. The van der Waals surface area contributed by atoms with E-state index in [1.165, 1.54) is 6.42 Å². The minimum atomic E-state index is 0.762. The van der Waals surface area contributed by atoms with Crippen LogP contribution in [0.4, 0.5) is 0 Å². The minimum absolute atomic E-state index is 0.762. The first-order chi connectivity index (χ1) is 3.38. The lowest BCUT2D eigenvalue weighted by Crippen LogP contribution is -1.65. The molecule has 2 atom stereocenters. The predicted octanol–water partition coefficient (Wildman–Crippen LogP) is 1.99. The monoisotopic (exact) mass is 94.1 g/mol. The first-order valence-corrected chi connectivity index (χ1v) is 2.63. The molecular formula is C7H10. The van der Waals surface area contributed by atoms with Crippen molar-refractivity contribution in [3.05, 3.63) is 25.3 Å². The molecule has 0 spiro atoms. The second-order valence-electron chi connectivity index (χ2n) is 2.03. The first-order valence-electron chi connectivity index (χ1n) is 2.63. The Labute approximate surface area is 44.5 Å². The largest absolute Gasteiger partial charge is 0.103 e. The van der Waals surface area contributed by atoms with Crippen LogP contribution < -0.4 is 0 Å². The number of hydrogen-bond donors (Lipinski definition) is 0. The van der Waals surface area contributed by atoms with E-state index in [4.69, 9.17) is 0 Å². The van der Waals surface area contributed by atoms with Gasteiger partial charge >= 0.3 is 0 Å². The van der Waals surface area contributed by atoms with Crippen molar-refractivity contribution in [3.63, 3.8) is 0 Å². The summed E-state index contributed by atoms with van der Waals surface area (Å²) >= 11 is 0. The topological polar surface area (TPSA) is 0 Å². The Bertz CT molecular complexity index is 80.2. The summed E-state index contributed by atoms with van der Waals surface area (Å²) in [5.41, 5.74) is 0. The quantitative estimate of drug-likeness (QED) is 0.459. The molecule has 1 fully saturated rings. The van der Waals surface area contributed by atoms with Crippen molar-refractivity contribution in [1.82, 2.24) is 0 Å². The van der Waals surface area contributed by atoms with Crippen LogP contribution in [0.1, 0.15) is 6.42 Å². The number of allylic oxidation sites excluding steroid dienone is 2. The van der Waals surface area contributed by atoms with E-state index in [9.17, 15) is 0 Å². The van der Waals surface area contributed by atoms with Crippen LogP contribution >= 0.6 is 0 Å². The maximum Gasteiger partial charge on any atom is -0.0167 e. The van der Waals surface area contributed by atoms with Gasteiger partial charge in [0.15, 0.2) is 0 Å². The zero-order valence-corrected chi connectivity index (χ0v) is 4.43. The van der Waals surface area contributed by atoms with Crippen molar-refractivity contribution < 1.29 is 0 Å². The van der Waals surface area contributed by atoms with Crippen molar-refractivity contribution >= 4 is 0 Å². The van der Waals surface area contributed by atoms with Gasteiger partial charge in [0.25, 0.3) is 0 Å². The van der Waals surface area contributed by atoms with E-state index in [2.05, 4.69) is 13.2 Å². The lowest BCUT2D eigenvalue weighted by atomic mass is 10.3. The standard InChI is InChI=1S/C7H10/c1-3-6-5-7(6)4-2/h3-4,6-7H,1-2,5H2/t6-,7-/m0/s1. The van der Waals surface area contributed by atoms with E-state index in [-0.39, 0.29) is 0 Å². The fourth-order valence-corrected chi connectivity index (χ4v) is 0.778. The lowest BCUT2D eigenvalue weighted by Gasteiger charge is -1.75. The summed E-state index contributed by atoms with van der Waals surface area (Å²) in [5.74, 6) is 1.52. The molecule has 0 bridgehead atoms. The summed E-state index contributed by atoms with van der Waals surface area (Å²) in [5, 5.41) is 0. The molecule has 1 aliphatic carbocycles. The zero-order chi connectivity index (χ0) is 5.28. The Morgan fingerprint density at radius 3 is 1.71 bits per heavy atom. The highest BCUT2D eigenvalue weighted by Gasteiger charge is 2.30. The van der Waals surface area contributed by atoms with Crippen LogP contribution in [-0.2, 0) is 0 Å². The second-order valence-corrected chi connectivity index (χ2v) is 2.03. The predicted molar refractivity (Wildman–Crippen MR) is 32.0 cm³/mol. The summed E-state index contributed by atoms with van der Waals surface area (Å²) in [6.45, 7) is 7.35. The third kappa shape index (κ3) is 0.738. The van der Waals surface area contributed by atoms with E-state index in [0.29, 0.717) is 0 Å². The van der Waals surface area contributed by atoms with Crippen molar-refractivity contribution in [3.8, 4) is 0 Å². The van der Waals surface area contributed by atoms with Gasteiger partial charge in [-0.05, 0) is 18.3 Å². The molecule has 1 rings (SSSR count). The van der Waals surface area contributed by atoms with Gasteiger partial charge in [-0.15, -0.1) is 13.2 Å². The number of rotatable bonds is 2. The molecule has 0 aromatic rings. The molecule has 7 heavy (non-hydrogen) atoms. The molecule has 0 amide bonds. The first kappa shape index (κ1) is 4.63. The van der Waals surface area contributed by atoms with Crippen LogP contribution in [0.3, 0.4) is 0 Å². The summed E-state index contributed by atoms with van der Waals surface area (Å²) in [6.07, 6.45) is 5.30. The lowest BCUT2D eigenvalue weighted by molar-refractivity contribution is 1.00. The fraction of sp³-hybridized carbons (Fsp3) is 0.429. The van der Waals surface area contributed by atoms with Gasteiger partial charge in [-0.2, -0.15) is 0 Å². The van der Waals surface area contributed by atoms with Crippen molar-refractivity contribution in [2.75, 3.05) is 0 Å². The van der Waals surface area contributed by atoms with Crippen molar-refractivity contribution in [2.45, 2.75) is 6.42 Å². The van der Waals surface area contributed by atoms with Crippen LogP contribution in [0.5, 0.6) is 0 Å². The zero-order valence-electron chi connectivity index (χ0n) is 4.43. The van der Waals surface area contributed by atoms with Crippen LogP contribution in [0, 0.1) is 11.8 Å². The minimum Gasteiger partial charge on any atom is -0.103 e. The Kier molecular flexibility index (Phi) is 1.01. The molecule has 0 saturated heterocycles. The summed E-state index contributed by atoms with van der Waals surface area (Å²) < 4.78 is 0. The van der Waals surface area contributed by atoms with Crippen molar-refractivity contribution in [2.24, 2.45) is 11.8 Å². The van der Waals surface area contributed by atoms with Gasteiger partial charge in [-0.3, -0.25) is 0 Å². The maximum atomic E-state index is 3.67. The molecule has 0 radical (unpaired) electrons. The molecule has 0 aliphatic heterocycles. The summed E-state index contributed by atoms with van der Waals surface area (Å²) in [7, 11) is 0. The third-order valence-electron chi connectivity index (χ3n) is 1.50. The second kappa shape index (κ2) is 1.53. The molecule has 0 aromatic heterocycles. The molecule has 1 aliphatic rings. The highest BCUT2D eigenvalue weighted by atomic mass is 14.3. The Morgan fingerprint density at radius 2 is 1.57 bits per heavy atom. The van der Waals surface area contributed by atoms with Gasteiger partial charge < -0.3 is 0 Å². The van der Waals surface area contributed by atoms with Gasteiger partial charge in [-0.1, -0.05) is 12.2 Å². The molecular weight excluding hydrogens is 84.1 g/mol. The van der Waals surface area contributed by atoms with Crippen LogP contribution in [0.25, 0.3) is 0 Å². The van der Waals surface area contributed by atoms with Gasteiger partial charge in [0.2, 0.25) is 0 Å². The van der Waals surface area contributed by atoms with Gasteiger partial charge in [0.05, 0.1) is 0 Å². The van der Waals surface area contributed by atoms with Crippen LogP contribution in [0.2, 0.25) is 0 Å². The summed E-state index contributed by atoms with van der Waals surface area (Å²) in [4.78, 5) is 0. The molecule has 0 unspecified atom stereocenters. The SMILES string of the molecule is C=C[C@H]1C[C@@H]1C=C. The Balaban J connectivity index is 2.30. The van der Waals surface area contributed by atoms with Gasteiger partial charge in [0, 0.05) is 0 Å². The van der Waals surface area contributed by atoms with E-state index >= 15 is 0 Å². The smallest absolute Gasteiger partial charge is 0.0167 e. The van der Waals surface area contributed by atoms with E-state index in [1.54, 1.807) is 0 Å².